The van der Waals surface area contributed by atoms with Crippen LogP contribution in [0.15, 0.2) is 51.8 Å². The third-order valence-corrected chi connectivity index (χ3v) is 3.26. The molecule has 1 aromatic carbocycles. The monoisotopic (exact) mass is 376 g/mol. The van der Waals surface area contributed by atoms with Crippen LogP contribution in [0.1, 0.15) is 20.9 Å². The third kappa shape index (κ3) is 3.43. The van der Waals surface area contributed by atoms with Crippen LogP contribution in [0.2, 0.25) is 0 Å². The van der Waals surface area contributed by atoms with Crippen molar-refractivity contribution in [1.82, 2.24) is 31.1 Å². The van der Waals surface area contributed by atoms with E-state index in [-0.39, 0.29) is 5.76 Å². The van der Waals surface area contributed by atoms with E-state index in [4.69, 9.17) is 4.42 Å². The van der Waals surface area contributed by atoms with E-state index in [1.54, 1.807) is 30.3 Å². The maximum atomic E-state index is 12.0. The summed E-state index contributed by atoms with van der Waals surface area (Å²) in [6.07, 6.45) is 1.44. The number of hydrogen-bond donors (Lipinski definition) is 2. The number of hydrazine groups is 1. The van der Waals surface area contributed by atoms with Gasteiger partial charge in [-0.05, 0) is 62.8 Å². The van der Waals surface area contributed by atoms with Crippen molar-refractivity contribution < 1.29 is 14.0 Å². The summed E-state index contributed by atoms with van der Waals surface area (Å²) in [5.41, 5.74) is 5.63. The number of furan rings is 1. The molecule has 116 valence electrons. The molecule has 2 N–H and O–H groups in total. The van der Waals surface area contributed by atoms with E-state index in [2.05, 4.69) is 42.3 Å². The Morgan fingerprint density at radius 3 is 2.39 bits per heavy atom. The van der Waals surface area contributed by atoms with Crippen molar-refractivity contribution in [3.05, 3.63) is 58.7 Å². The Kier molecular flexibility index (Phi) is 4.15. The lowest BCUT2D eigenvalue weighted by atomic mass is 10.2. The Bertz CT molecular complexity index is 828. The molecule has 2 heterocycles. The van der Waals surface area contributed by atoms with Crippen molar-refractivity contribution in [2.24, 2.45) is 0 Å². The number of carbonyl (C=O) groups excluding carboxylic acids is 2. The highest BCUT2D eigenvalue weighted by molar-refractivity contribution is 9.10. The highest BCUT2D eigenvalue weighted by Gasteiger charge is 2.12. The summed E-state index contributed by atoms with van der Waals surface area (Å²) in [6.45, 7) is 0. The Hall–Kier alpha value is -3.01. The minimum atomic E-state index is -0.561. The predicted molar refractivity (Wildman–Crippen MR) is 80.5 cm³/mol. The number of benzene rings is 1. The zero-order chi connectivity index (χ0) is 16.2. The first kappa shape index (κ1) is 14.9. The zero-order valence-corrected chi connectivity index (χ0v) is 13.0. The zero-order valence-electron chi connectivity index (χ0n) is 11.4. The van der Waals surface area contributed by atoms with Crippen molar-refractivity contribution in [2.45, 2.75) is 0 Å². The van der Waals surface area contributed by atoms with Crippen molar-refractivity contribution in [2.75, 3.05) is 0 Å². The standard InChI is InChI=1S/C13H9BrN6O3/c14-11-6-5-10(23-11)13(22)17-16-12(21)8-1-3-9(4-2-8)20-7-15-18-19-20/h1-7H,(H,16,21)(H,17,22). The second-order valence-electron chi connectivity index (χ2n) is 4.31. The molecule has 10 heteroatoms. The van der Waals surface area contributed by atoms with Crippen LogP contribution in [0.5, 0.6) is 0 Å². The van der Waals surface area contributed by atoms with E-state index < -0.39 is 11.8 Å². The molecule has 0 unspecified atom stereocenters. The van der Waals surface area contributed by atoms with Crippen molar-refractivity contribution in [1.29, 1.82) is 0 Å². The molecule has 0 bridgehead atoms. The van der Waals surface area contributed by atoms with Crippen LogP contribution in [0, 0.1) is 0 Å². The van der Waals surface area contributed by atoms with Gasteiger partial charge < -0.3 is 4.42 Å². The fraction of sp³-hybridized carbons (Fsp3) is 0. The number of aromatic nitrogens is 4. The van der Waals surface area contributed by atoms with E-state index in [1.807, 2.05) is 0 Å². The Labute approximate surface area is 137 Å². The van der Waals surface area contributed by atoms with E-state index in [0.717, 1.165) is 0 Å². The van der Waals surface area contributed by atoms with Gasteiger partial charge in [0.1, 0.15) is 6.33 Å². The summed E-state index contributed by atoms with van der Waals surface area (Å²) >= 11 is 3.09. The summed E-state index contributed by atoms with van der Waals surface area (Å²) < 4.78 is 6.95. The van der Waals surface area contributed by atoms with Gasteiger partial charge >= 0.3 is 5.91 Å². The average molecular weight is 377 g/mol. The van der Waals surface area contributed by atoms with Crippen LogP contribution in [0.3, 0.4) is 0 Å². The van der Waals surface area contributed by atoms with Crippen LogP contribution < -0.4 is 10.9 Å². The Morgan fingerprint density at radius 1 is 1.04 bits per heavy atom. The fourth-order valence-corrected chi connectivity index (χ4v) is 2.04. The molecule has 0 atom stereocenters. The molecule has 2 aromatic heterocycles. The number of carbonyl (C=O) groups is 2. The molecule has 3 aromatic rings. The van der Waals surface area contributed by atoms with Gasteiger partial charge in [-0.2, -0.15) is 0 Å². The number of hydrogen-bond acceptors (Lipinski definition) is 6. The van der Waals surface area contributed by atoms with E-state index in [1.165, 1.54) is 17.1 Å². The van der Waals surface area contributed by atoms with Crippen molar-refractivity contribution in [3.63, 3.8) is 0 Å². The number of halogens is 1. The lowest BCUT2D eigenvalue weighted by molar-refractivity contribution is 0.0830. The van der Waals surface area contributed by atoms with E-state index >= 15 is 0 Å². The number of rotatable bonds is 3. The summed E-state index contributed by atoms with van der Waals surface area (Å²) in [4.78, 5) is 23.7. The summed E-state index contributed by atoms with van der Waals surface area (Å²) in [5.74, 6) is -0.951. The quantitative estimate of drug-likeness (QED) is 0.661. The van der Waals surface area contributed by atoms with Crippen molar-refractivity contribution >= 4 is 27.7 Å². The summed E-state index contributed by atoms with van der Waals surface area (Å²) in [5, 5.41) is 10.8. The minimum absolute atomic E-state index is 0.0752. The fourth-order valence-electron chi connectivity index (χ4n) is 1.73. The number of amides is 2. The van der Waals surface area contributed by atoms with Crippen LogP contribution in [-0.4, -0.2) is 32.0 Å². The molecule has 3 rings (SSSR count). The van der Waals surface area contributed by atoms with Gasteiger partial charge in [-0.1, -0.05) is 0 Å². The van der Waals surface area contributed by atoms with Gasteiger partial charge in [0.05, 0.1) is 5.69 Å². The predicted octanol–water partition coefficient (Wildman–Crippen LogP) is 1.09. The molecule has 0 spiro atoms. The van der Waals surface area contributed by atoms with Crippen molar-refractivity contribution in [3.8, 4) is 5.69 Å². The van der Waals surface area contributed by atoms with E-state index in [0.29, 0.717) is 15.9 Å². The maximum Gasteiger partial charge on any atom is 0.305 e. The highest BCUT2D eigenvalue weighted by Crippen LogP contribution is 2.13. The molecule has 23 heavy (non-hydrogen) atoms. The lowest BCUT2D eigenvalue weighted by Crippen LogP contribution is -2.41. The maximum absolute atomic E-state index is 12.0. The molecular formula is C13H9BrN6O3. The van der Waals surface area contributed by atoms with Gasteiger partial charge in [0.2, 0.25) is 0 Å². The van der Waals surface area contributed by atoms with Crippen LogP contribution in [0.25, 0.3) is 5.69 Å². The van der Waals surface area contributed by atoms with Gasteiger partial charge in [-0.3, -0.25) is 20.4 Å². The average Bonchev–Trinajstić information content (AvgIpc) is 3.24. The second-order valence-corrected chi connectivity index (χ2v) is 5.09. The Balaban J connectivity index is 1.61. The van der Waals surface area contributed by atoms with Crippen LogP contribution in [0.4, 0.5) is 0 Å². The van der Waals surface area contributed by atoms with Gasteiger partial charge in [-0.25, -0.2) is 4.68 Å². The SMILES string of the molecule is O=C(NNC(=O)c1ccc(Br)o1)c1ccc(-n2cnnn2)cc1. The molecule has 9 nitrogen and oxygen atoms in total. The van der Waals surface area contributed by atoms with Gasteiger partial charge in [0, 0.05) is 5.56 Å². The molecule has 0 saturated heterocycles. The molecule has 0 fully saturated rings. The highest BCUT2D eigenvalue weighted by atomic mass is 79.9. The second kappa shape index (κ2) is 6.40. The topological polar surface area (TPSA) is 115 Å². The van der Waals surface area contributed by atoms with Crippen LogP contribution >= 0.6 is 15.9 Å². The van der Waals surface area contributed by atoms with Gasteiger partial charge in [-0.15, -0.1) is 5.10 Å². The number of tetrazole rings is 1. The molecule has 2 amide bonds. The molecule has 0 saturated carbocycles. The largest absolute Gasteiger partial charge is 0.444 e. The first-order chi connectivity index (χ1) is 11.1. The molecular weight excluding hydrogens is 368 g/mol. The van der Waals surface area contributed by atoms with Crippen LogP contribution in [-0.2, 0) is 0 Å². The molecule has 0 aliphatic carbocycles. The lowest BCUT2D eigenvalue weighted by Gasteiger charge is -2.06. The van der Waals surface area contributed by atoms with Gasteiger partial charge in [0.15, 0.2) is 10.4 Å². The summed E-state index contributed by atoms with van der Waals surface area (Å²) in [7, 11) is 0. The normalized spacial score (nSPS) is 10.3. The first-order valence-corrected chi connectivity index (χ1v) is 7.12. The third-order valence-electron chi connectivity index (χ3n) is 2.83. The van der Waals surface area contributed by atoms with E-state index in [9.17, 15) is 9.59 Å². The summed E-state index contributed by atoms with van der Waals surface area (Å²) in [6, 6.07) is 9.58. The molecule has 0 aliphatic heterocycles. The number of nitrogens with one attached hydrogen (secondary N) is 2. The molecule has 0 aliphatic rings. The van der Waals surface area contributed by atoms with Gasteiger partial charge in [0.25, 0.3) is 5.91 Å². The minimum Gasteiger partial charge on any atom is -0.444 e. The Morgan fingerprint density at radius 2 is 1.78 bits per heavy atom. The smallest absolute Gasteiger partial charge is 0.305 e. The molecule has 0 radical (unpaired) electrons. The first-order valence-electron chi connectivity index (χ1n) is 6.33. The number of nitrogens with zero attached hydrogens (tertiary/aromatic N) is 4.